The molecule has 7 N–H and O–H groups in total. The molecule has 2 aliphatic rings. The number of hydrogen-bond donors (Lipinski definition) is 7. The quantitative estimate of drug-likeness (QED) is 0.0172. The second-order valence-electron chi connectivity index (χ2n) is 22.6. The van der Waals surface area contributed by atoms with E-state index in [0.29, 0.717) is 13.0 Å². The summed E-state index contributed by atoms with van der Waals surface area (Å²) in [7, 11) is 0. The maximum atomic E-state index is 13.1. The van der Waals surface area contributed by atoms with Crippen LogP contribution < -0.4 is 0 Å². The first-order chi connectivity index (χ1) is 37.1. The third-order valence-corrected chi connectivity index (χ3v) is 15.5. The zero-order chi connectivity index (χ0) is 55.1. The molecule has 0 spiro atoms. The molecule has 14 nitrogen and oxygen atoms in total. The highest BCUT2D eigenvalue weighted by Gasteiger charge is 2.47. The van der Waals surface area contributed by atoms with Crippen LogP contribution in [-0.2, 0) is 33.2 Å². The summed E-state index contributed by atoms with van der Waals surface area (Å²) < 4.78 is 34.5. The van der Waals surface area contributed by atoms with Gasteiger partial charge in [0.2, 0.25) is 0 Å². The normalized spacial score (nSPS) is 24.4. The molecule has 0 radical (unpaired) electrons. The number of hydrogen-bond acceptors (Lipinski definition) is 14. The van der Waals surface area contributed by atoms with Crippen LogP contribution in [0, 0.1) is 0 Å². The van der Waals surface area contributed by atoms with Gasteiger partial charge in [0.15, 0.2) is 12.6 Å². The largest absolute Gasteiger partial charge is 0.457 e. The van der Waals surface area contributed by atoms with Gasteiger partial charge in [-0.3, -0.25) is 4.79 Å². The molecule has 450 valence electrons. The number of aliphatic hydroxyl groups excluding tert-OH is 7. The molecule has 0 aromatic carbocycles. The van der Waals surface area contributed by atoms with Gasteiger partial charge in [0.1, 0.15) is 54.9 Å². The summed E-state index contributed by atoms with van der Waals surface area (Å²) in [5.74, 6) is -0.369. The number of allylic oxidation sites excluding steroid dienone is 2. The van der Waals surface area contributed by atoms with Gasteiger partial charge in [-0.15, -0.1) is 0 Å². The number of carbonyl (C=O) groups excluding carboxylic acids is 1. The minimum atomic E-state index is -1.70. The number of esters is 1. The SMILES string of the molecule is CCCCCCCC/C=C\CCCCCCCCCCOCC(COC1OC(COC2OC(CO)C(O)C(O)C2O)C(O)C(O)C1O)OC(=O)CCCCCCCCCCCCCCCCCCCCCCCCCC. The van der Waals surface area contributed by atoms with E-state index >= 15 is 0 Å². The summed E-state index contributed by atoms with van der Waals surface area (Å²) in [4.78, 5) is 13.1. The van der Waals surface area contributed by atoms with Crippen molar-refractivity contribution in [1.82, 2.24) is 0 Å². The molecule has 2 rings (SSSR count). The second kappa shape index (κ2) is 49.5. The zero-order valence-electron chi connectivity index (χ0n) is 48.5. The second-order valence-corrected chi connectivity index (χ2v) is 22.6. The van der Waals surface area contributed by atoms with Crippen LogP contribution in [-0.4, -0.2) is 142 Å². The monoisotopic (exact) mass is 1090 g/mol. The van der Waals surface area contributed by atoms with Gasteiger partial charge in [-0.2, -0.15) is 0 Å². The zero-order valence-corrected chi connectivity index (χ0v) is 48.5. The lowest BCUT2D eigenvalue weighted by atomic mass is 9.98. The van der Waals surface area contributed by atoms with E-state index in [-0.39, 0.29) is 25.6 Å². The van der Waals surface area contributed by atoms with Gasteiger partial charge in [0.05, 0.1) is 26.4 Å². The third kappa shape index (κ3) is 35.5. The molecule has 76 heavy (non-hydrogen) atoms. The van der Waals surface area contributed by atoms with Crippen molar-refractivity contribution in [1.29, 1.82) is 0 Å². The Morgan fingerprint density at radius 2 is 0.776 bits per heavy atom. The molecule has 2 aliphatic heterocycles. The van der Waals surface area contributed by atoms with Crippen LogP contribution in [0.2, 0.25) is 0 Å². The Bertz CT molecular complexity index is 1310. The maximum Gasteiger partial charge on any atom is 0.306 e. The average Bonchev–Trinajstić information content (AvgIpc) is 3.42. The molecule has 0 aromatic heterocycles. The number of unbranched alkanes of at least 4 members (excludes halogenated alkanes) is 37. The van der Waals surface area contributed by atoms with Crippen molar-refractivity contribution >= 4 is 5.97 Å². The molecule has 2 heterocycles. The standard InChI is InChI=1S/C62H118O14/c1-3-5-7-9-11-13-15-17-19-21-23-24-25-26-27-28-29-31-33-35-37-39-41-43-45-54(64)74-51(48-71-46-44-42-40-38-36-34-32-30-22-20-18-16-14-12-10-8-6-4-2)49-72-61-60(70)58(68)56(66)53(76-61)50-73-62-59(69)57(67)55(65)52(47-63)75-62/h18,20,51-53,55-63,65-70H,3-17,19,21-50H2,1-2H3/b20-18-. The van der Waals surface area contributed by atoms with E-state index in [2.05, 4.69) is 26.0 Å². The van der Waals surface area contributed by atoms with Crippen molar-refractivity contribution in [2.75, 3.05) is 33.0 Å². The highest BCUT2D eigenvalue weighted by Crippen LogP contribution is 2.27. The van der Waals surface area contributed by atoms with E-state index < -0.39 is 80.7 Å². The molecule has 11 unspecified atom stereocenters. The fraction of sp³-hybridized carbons (Fsp3) is 0.952. The van der Waals surface area contributed by atoms with Crippen molar-refractivity contribution in [2.45, 2.75) is 345 Å². The minimum Gasteiger partial charge on any atom is -0.457 e. The summed E-state index contributed by atoms with van der Waals surface area (Å²) in [6.07, 6.45) is 39.9. The van der Waals surface area contributed by atoms with E-state index in [0.717, 1.165) is 38.5 Å². The molecule has 0 aliphatic carbocycles. The van der Waals surface area contributed by atoms with Crippen molar-refractivity contribution in [3.05, 3.63) is 12.2 Å². The Morgan fingerprint density at radius 1 is 0.421 bits per heavy atom. The Kier molecular flexibility index (Phi) is 46.2. The Morgan fingerprint density at radius 3 is 1.20 bits per heavy atom. The first-order valence-electron chi connectivity index (χ1n) is 31.8. The van der Waals surface area contributed by atoms with Crippen LogP contribution in [0.3, 0.4) is 0 Å². The number of ether oxygens (including phenoxy) is 6. The minimum absolute atomic E-state index is 0.0657. The molecule has 0 saturated carbocycles. The van der Waals surface area contributed by atoms with Gasteiger partial charge < -0.3 is 64.2 Å². The van der Waals surface area contributed by atoms with Crippen molar-refractivity contribution in [2.24, 2.45) is 0 Å². The van der Waals surface area contributed by atoms with E-state index in [1.165, 1.54) is 212 Å². The molecule has 11 atom stereocenters. The van der Waals surface area contributed by atoms with Crippen LogP contribution in [0.5, 0.6) is 0 Å². The van der Waals surface area contributed by atoms with Gasteiger partial charge in [-0.1, -0.05) is 244 Å². The molecule has 0 aromatic rings. The molecule has 2 saturated heterocycles. The van der Waals surface area contributed by atoms with Gasteiger partial charge in [-0.25, -0.2) is 0 Å². The topological polar surface area (TPSA) is 214 Å². The van der Waals surface area contributed by atoms with E-state index in [9.17, 15) is 40.5 Å². The van der Waals surface area contributed by atoms with Crippen LogP contribution in [0.25, 0.3) is 0 Å². The summed E-state index contributed by atoms with van der Waals surface area (Å²) in [6.45, 7) is 3.75. The lowest BCUT2D eigenvalue weighted by molar-refractivity contribution is -0.332. The van der Waals surface area contributed by atoms with E-state index in [4.69, 9.17) is 28.4 Å². The first-order valence-corrected chi connectivity index (χ1v) is 31.8. The Balaban J connectivity index is 1.66. The van der Waals surface area contributed by atoms with Crippen LogP contribution in [0.1, 0.15) is 277 Å². The fourth-order valence-electron chi connectivity index (χ4n) is 10.4. The summed E-state index contributed by atoms with van der Waals surface area (Å²) in [5, 5.41) is 72.4. The van der Waals surface area contributed by atoms with Gasteiger partial charge in [0, 0.05) is 13.0 Å². The first kappa shape index (κ1) is 70.8. The molecular weight excluding hydrogens is 969 g/mol. The summed E-state index contributed by atoms with van der Waals surface area (Å²) in [5.41, 5.74) is 0. The fourth-order valence-corrected chi connectivity index (χ4v) is 10.4. The Hall–Kier alpha value is -1.27. The highest BCUT2D eigenvalue weighted by atomic mass is 16.7. The average molecular weight is 1090 g/mol. The summed E-state index contributed by atoms with van der Waals surface area (Å²) >= 11 is 0. The molecule has 14 heteroatoms. The lowest BCUT2D eigenvalue weighted by Crippen LogP contribution is -2.61. The lowest BCUT2D eigenvalue weighted by Gasteiger charge is -2.42. The summed E-state index contributed by atoms with van der Waals surface area (Å²) in [6, 6.07) is 0. The van der Waals surface area contributed by atoms with Crippen LogP contribution in [0.15, 0.2) is 12.2 Å². The van der Waals surface area contributed by atoms with Crippen molar-refractivity contribution in [3.63, 3.8) is 0 Å². The molecule has 0 amide bonds. The number of carbonyl (C=O) groups is 1. The predicted molar refractivity (Wildman–Crippen MR) is 303 cm³/mol. The van der Waals surface area contributed by atoms with E-state index in [1.807, 2.05) is 0 Å². The third-order valence-electron chi connectivity index (χ3n) is 15.5. The molecular formula is C62H118O14. The maximum absolute atomic E-state index is 13.1. The predicted octanol–water partition coefficient (Wildman–Crippen LogP) is 12.1. The van der Waals surface area contributed by atoms with Crippen molar-refractivity contribution in [3.8, 4) is 0 Å². The Labute approximate surface area is 463 Å². The van der Waals surface area contributed by atoms with Crippen LogP contribution in [0.4, 0.5) is 0 Å². The van der Waals surface area contributed by atoms with E-state index in [1.54, 1.807) is 0 Å². The molecule has 0 bridgehead atoms. The van der Waals surface area contributed by atoms with Gasteiger partial charge >= 0.3 is 5.97 Å². The molecule has 2 fully saturated rings. The smallest absolute Gasteiger partial charge is 0.306 e. The number of rotatable bonds is 53. The van der Waals surface area contributed by atoms with Gasteiger partial charge in [-0.05, 0) is 38.5 Å². The van der Waals surface area contributed by atoms with Crippen molar-refractivity contribution < 1.29 is 69.0 Å². The highest BCUT2D eigenvalue weighted by molar-refractivity contribution is 5.69. The van der Waals surface area contributed by atoms with Crippen LogP contribution >= 0.6 is 0 Å². The number of aliphatic hydroxyl groups is 7. The van der Waals surface area contributed by atoms with Gasteiger partial charge in [0.25, 0.3) is 0 Å².